The van der Waals surface area contributed by atoms with Crippen LogP contribution in [0.5, 0.6) is 0 Å². The van der Waals surface area contributed by atoms with E-state index in [1.165, 1.54) is 29.8 Å². The molecule has 31 heavy (non-hydrogen) atoms. The van der Waals surface area contributed by atoms with E-state index in [2.05, 4.69) is 10.0 Å². The van der Waals surface area contributed by atoms with Crippen molar-refractivity contribution in [3.63, 3.8) is 0 Å². The first-order valence-electron chi connectivity index (χ1n) is 9.60. The fraction of sp³-hybridized carbons (Fsp3) is 0.474. The van der Waals surface area contributed by atoms with E-state index in [1.54, 1.807) is 12.1 Å². The number of nitrogens with zero attached hydrogens (tertiary/aromatic N) is 5. The smallest absolute Gasteiger partial charge is 0.333 e. The lowest BCUT2D eigenvalue weighted by molar-refractivity contribution is -0.0277. The number of benzene rings is 1. The van der Waals surface area contributed by atoms with Gasteiger partial charge in [-0.1, -0.05) is 22.8 Å². The van der Waals surface area contributed by atoms with Crippen molar-refractivity contribution in [1.29, 1.82) is 0 Å². The van der Waals surface area contributed by atoms with Crippen LogP contribution in [0.2, 0.25) is 0 Å². The minimum Gasteiger partial charge on any atom is -0.394 e. The maximum atomic E-state index is 13.0. The van der Waals surface area contributed by atoms with Gasteiger partial charge in [-0.2, -0.15) is 0 Å². The SMILES string of the molecule is Cc1ccc(S(=O)(=O)CCn2c(=O)c(C)cn(C3CC(N=[N+]=[N-])C(CO)O3)c2=O)cc1. The second-order valence-corrected chi connectivity index (χ2v) is 9.52. The van der Waals surface area contributed by atoms with Gasteiger partial charge in [0.2, 0.25) is 0 Å². The third-order valence-corrected chi connectivity index (χ3v) is 6.94. The summed E-state index contributed by atoms with van der Waals surface area (Å²) in [5, 5.41) is 13.0. The Morgan fingerprint density at radius 3 is 2.55 bits per heavy atom. The Labute approximate surface area is 178 Å². The van der Waals surface area contributed by atoms with Crippen LogP contribution in [0.15, 0.2) is 50.1 Å². The van der Waals surface area contributed by atoms with Crippen molar-refractivity contribution >= 4 is 9.84 Å². The zero-order valence-corrected chi connectivity index (χ0v) is 17.9. The third-order valence-electron chi connectivity index (χ3n) is 5.23. The van der Waals surface area contributed by atoms with Gasteiger partial charge in [0.1, 0.15) is 6.23 Å². The standard InChI is InChI=1S/C19H23N5O6S/c1-12-3-5-14(6-4-12)31(28,29)8-7-23-18(26)13(2)10-24(19(23)27)17-9-15(21-22-20)16(11-25)30-17/h3-6,10,15-17,25H,7-9,11H2,1-2H3. The molecular weight excluding hydrogens is 426 g/mol. The van der Waals surface area contributed by atoms with Gasteiger partial charge in [-0.05, 0) is 31.5 Å². The highest BCUT2D eigenvalue weighted by molar-refractivity contribution is 7.91. The van der Waals surface area contributed by atoms with E-state index < -0.39 is 51.8 Å². The quantitative estimate of drug-likeness (QED) is 0.378. The van der Waals surface area contributed by atoms with Crippen LogP contribution in [0.25, 0.3) is 10.4 Å². The highest BCUT2D eigenvalue weighted by Gasteiger charge is 2.36. The van der Waals surface area contributed by atoms with Crippen molar-refractivity contribution in [3.05, 3.63) is 72.9 Å². The molecule has 2 heterocycles. The van der Waals surface area contributed by atoms with Crippen LogP contribution in [0.4, 0.5) is 0 Å². The van der Waals surface area contributed by atoms with Gasteiger partial charge in [0, 0.05) is 29.6 Å². The van der Waals surface area contributed by atoms with Crippen molar-refractivity contribution in [2.75, 3.05) is 12.4 Å². The van der Waals surface area contributed by atoms with E-state index in [0.29, 0.717) is 0 Å². The van der Waals surface area contributed by atoms with Gasteiger partial charge in [-0.15, -0.1) is 0 Å². The zero-order valence-electron chi connectivity index (χ0n) is 17.1. The van der Waals surface area contributed by atoms with E-state index in [1.807, 2.05) is 6.92 Å². The molecule has 3 unspecified atom stereocenters. The van der Waals surface area contributed by atoms with E-state index in [9.17, 15) is 23.1 Å². The molecule has 0 spiro atoms. The number of aliphatic hydroxyl groups is 1. The number of hydrogen-bond acceptors (Lipinski definition) is 7. The Hall–Kier alpha value is -2.92. The zero-order chi connectivity index (χ0) is 22.8. The van der Waals surface area contributed by atoms with Crippen LogP contribution >= 0.6 is 0 Å². The van der Waals surface area contributed by atoms with E-state index in [0.717, 1.165) is 10.1 Å². The molecule has 1 N–H and O–H groups in total. The van der Waals surface area contributed by atoms with Crippen molar-refractivity contribution in [1.82, 2.24) is 9.13 Å². The average Bonchev–Trinajstić information content (AvgIpc) is 3.14. The van der Waals surface area contributed by atoms with Gasteiger partial charge in [-0.25, -0.2) is 13.2 Å². The van der Waals surface area contributed by atoms with Crippen LogP contribution in [0.1, 0.15) is 23.8 Å². The van der Waals surface area contributed by atoms with Gasteiger partial charge < -0.3 is 9.84 Å². The summed E-state index contributed by atoms with van der Waals surface area (Å²) in [4.78, 5) is 28.4. The Morgan fingerprint density at radius 1 is 1.26 bits per heavy atom. The molecule has 0 radical (unpaired) electrons. The lowest BCUT2D eigenvalue weighted by atomic mass is 10.1. The number of aromatic nitrogens is 2. The molecule has 3 rings (SSSR count). The summed E-state index contributed by atoms with van der Waals surface area (Å²) in [6.07, 6.45) is -0.184. The lowest BCUT2D eigenvalue weighted by Gasteiger charge is -2.17. The highest BCUT2D eigenvalue weighted by Crippen LogP contribution is 2.29. The molecule has 0 bridgehead atoms. The van der Waals surface area contributed by atoms with Gasteiger partial charge in [-0.3, -0.25) is 13.9 Å². The van der Waals surface area contributed by atoms with E-state index >= 15 is 0 Å². The van der Waals surface area contributed by atoms with Crippen molar-refractivity contribution in [3.8, 4) is 0 Å². The number of ether oxygens (including phenoxy) is 1. The van der Waals surface area contributed by atoms with Crippen LogP contribution in [0, 0.1) is 13.8 Å². The molecular formula is C19H23N5O6S. The molecule has 1 aliphatic rings. The minimum atomic E-state index is -3.71. The number of rotatable bonds is 7. The molecule has 11 nitrogen and oxygen atoms in total. The molecule has 3 atom stereocenters. The Morgan fingerprint density at radius 2 is 1.94 bits per heavy atom. The fourth-order valence-electron chi connectivity index (χ4n) is 3.47. The summed E-state index contributed by atoms with van der Waals surface area (Å²) in [5.41, 5.74) is 8.49. The largest absolute Gasteiger partial charge is 0.394 e. The van der Waals surface area contributed by atoms with Crippen molar-refractivity contribution in [2.24, 2.45) is 5.11 Å². The van der Waals surface area contributed by atoms with Crippen molar-refractivity contribution in [2.45, 2.75) is 50.1 Å². The van der Waals surface area contributed by atoms with Gasteiger partial charge in [0.15, 0.2) is 9.84 Å². The summed E-state index contributed by atoms with van der Waals surface area (Å²) >= 11 is 0. The number of aliphatic hydroxyl groups excluding tert-OH is 1. The molecule has 1 aromatic carbocycles. The molecule has 166 valence electrons. The van der Waals surface area contributed by atoms with Crippen LogP contribution in [0.3, 0.4) is 0 Å². The maximum absolute atomic E-state index is 13.0. The highest BCUT2D eigenvalue weighted by atomic mass is 32.2. The Bertz CT molecular complexity index is 1230. The summed E-state index contributed by atoms with van der Waals surface area (Å²) in [7, 11) is -3.71. The molecule has 1 aliphatic heterocycles. The monoisotopic (exact) mass is 449 g/mol. The molecule has 1 saturated heterocycles. The molecule has 0 saturated carbocycles. The summed E-state index contributed by atoms with van der Waals surface area (Å²) < 4.78 is 32.9. The lowest BCUT2D eigenvalue weighted by Crippen LogP contribution is -2.43. The predicted octanol–water partition coefficient (Wildman–Crippen LogP) is 1.06. The second-order valence-electron chi connectivity index (χ2n) is 7.41. The Balaban J connectivity index is 1.91. The van der Waals surface area contributed by atoms with Gasteiger partial charge in [0.25, 0.3) is 5.56 Å². The number of aryl methyl sites for hydroxylation is 2. The van der Waals surface area contributed by atoms with Crippen LogP contribution in [-0.2, 0) is 21.1 Å². The van der Waals surface area contributed by atoms with Gasteiger partial charge in [0.05, 0.1) is 29.4 Å². The van der Waals surface area contributed by atoms with E-state index in [4.69, 9.17) is 10.3 Å². The van der Waals surface area contributed by atoms with E-state index in [-0.39, 0.29) is 23.4 Å². The first-order chi connectivity index (χ1) is 14.7. The molecule has 0 aliphatic carbocycles. The summed E-state index contributed by atoms with van der Waals surface area (Å²) in [6.45, 7) is 2.62. The maximum Gasteiger partial charge on any atom is 0.333 e. The molecule has 1 aromatic heterocycles. The number of sulfone groups is 1. The first-order valence-corrected chi connectivity index (χ1v) is 11.3. The number of hydrogen-bond donors (Lipinski definition) is 1. The Kier molecular flexibility index (Phi) is 6.65. The fourth-order valence-corrected chi connectivity index (χ4v) is 4.68. The summed E-state index contributed by atoms with van der Waals surface area (Å²) in [6, 6.07) is 5.65. The van der Waals surface area contributed by atoms with Crippen LogP contribution < -0.4 is 11.2 Å². The second kappa shape index (κ2) is 9.06. The van der Waals surface area contributed by atoms with Crippen LogP contribution in [-0.4, -0.2) is 47.2 Å². The predicted molar refractivity (Wildman–Crippen MR) is 111 cm³/mol. The third kappa shape index (κ3) is 4.72. The average molecular weight is 449 g/mol. The molecule has 1 fully saturated rings. The molecule has 0 amide bonds. The van der Waals surface area contributed by atoms with Crippen molar-refractivity contribution < 1.29 is 18.3 Å². The molecule has 12 heteroatoms. The normalized spacial score (nSPS) is 21.1. The number of azide groups is 1. The van der Waals surface area contributed by atoms with Gasteiger partial charge >= 0.3 is 5.69 Å². The summed E-state index contributed by atoms with van der Waals surface area (Å²) in [5.74, 6) is -0.430. The first kappa shape index (κ1) is 22.8. The minimum absolute atomic E-state index is 0.112. The topological polar surface area (TPSA) is 156 Å². The molecule has 2 aromatic rings.